The number of rotatable bonds is 2. The molecule has 0 N–H and O–H groups in total. The summed E-state index contributed by atoms with van der Waals surface area (Å²) in [6.45, 7) is 9.28. The van der Waals surface area contributed by atoms with Gasteiger partial charge in [0, 0.05) is 13.2 Å². The van der Waals surface area contributed by atoms with Gasteiger partial charge in [-0.15, -0.1) is 0 Å². The van der Waals surface area contributed by atoms with Gasteiger partial charge in [0.25, 0.3) is 0 Å². The fourth-order valence-electron chi connectivity index (χ4n) is 1.49. The van der Waals surface area contributed by atoms with Crippen molar-refractivity contribution in [2.75, 3.05) is 26.7 Å². The molecule has 12 heavy (non-hydrogen) atoms. The molecule has 1 aliphatic heterocycles. The van der Waals surface area contributed by atoms with Crippen molar-refractivity contribution in [1.29, 1.82) is 0 Å². The second-order valence-electron chi connectivity index (χ2n) is 2.98. The van der Waals surface area contributed by atoms with Crippen LogP contribution < -0.4 is 0 Å². The molecule has 0 aromatic heterocycles. The van der Waals surface area contributed by atoms with Crippen molar-refractivity contribution >= 4 is 0 Å². The van der Waals surface area contributed by atoms with Gasteiger partial charge in [0.15, 0.2) is 0 Å². The maximum Gasteiger partial charge on any atom is 0.0702 e. The number of likely N-dealkylation sites (tertiary alicyclic amines) is 1. The van der Waals surface area contributed by atoms with Gasteiger partial charge in [0.2, 0.25) is 0 Å². The molecule has 1 aliphatic rings. The average Bonchev–Trinajstić information content (AvgIpc) is 2.09. The van der Waals surface area contributed by atoms with Crippen LogP contribution >= 0.6 is 0 Å². The Bertz CT molecular complexity index is 93.8. The van der Waals surface area contributed by atoms with Crippen LogP contribution in [0.15, 0.2) is 0 Å². The molecule has 0 amide bonds. The van der Waals surface area contributed by atoms with E-state index in [0.29, 0.717) is 6.10 Å². The quantitative estimate of drug-likeness (QED) is 0.634. The second-order valence-corrected chi connectivity index (χ2v) is 2.98. The first-order valence-corrected chi connectivity index (χ1v) is 5.13. The van der Waals surface area contributed by atoms with Gasteiger partial charge in [0.1, 0.15) is 0 Å². The van der Waals surface area contributed by atoms with Crippen LogP contribution in [0, 0.1) is 0 Å². The van der Waals surface area contributed by atoms with Gasteiger partial charge in [-0.1, -0.05) is 13.8 Å². The third-order valence-electron chi connectivity index (χ3n) is 1.98. The van der Waals surface area contributed by atoms with Crippen LogP contribution in [-0.2, 0) is 4.74 Å². The van der Waals surface area contributed by atoms with Gasteiger partial charge in [-0.2, -0.15) is 0 Å². The largest absolute Gasteiger partial charge is 0.377 e. The number of likely N-dealkylation sites (N-methyl/N-ethyl adjacent to an activating group) is 1. The summed E-state index contributed by atoms with van der Waals surface area (Å²) >= 11 is 0. The van der Waals surface area contributed by atoms with Crippen molar-refractivity contribution in [3.05, 3.63) is 0 Å². The third-order valence-corrected chi connectivity index (χ3v) is 1.98. The molecule has 1 heterocycles. The molecule has 1 fully saturated rings. The van der Waals surface area contributed by atoms with Crippen LogP contribution in [0.3, 0.4) is 0 Å². The van der Waals surface area contributed by atoms with Crippen LogP contribution in [-0.4, -0.2) is 37.7 Å². The SMILES string of the molecule is CC.CCOC1CCCN(C)C1. The van der Waals surface area contributed by atoms with E-state index in [-0.39, 0.29) is 0 Å². The highest BCUT2D eigenvalue weighted by molar-refractivity contribution is 4.69. The highest BCUT2D eigenvalue weighted by Crippen LogP contribution is 2.10. The molecule has 0 aliphatic carbocycles. The van der Waals surface area contributed by atoms with E-state index in [2.05, 4.69) is 18.9 Å². The molecule has 0 spiro atoms. The number of ether oxygens (including phenoxy) is 1. The zero-order valence-electron chi connectivity index (χ0n) is 8.97. The molecule has 0 bridgehead atoms. The first kappa shape index (κ1) is 11.9. The predicted octanol–water partition coefficient (Wildman–Crippen LogP) is 2.14. The zero-order chi connectivity index (χ0) is 9.40. The summed E-state index contributed by atoms with van der Waals surface area (Å²) in [4.78, 5) is 2.34. The van der Waals surface area contributed by atoms with E-state index in [9.17, 15) is 0 Å². The summed E-state index contributed by atoms with van der Waals surface area (Å²) in [7, 11) is 2.16. The Hall–Kier alpha value is -0.0800. The van der Waals surface area contributed by atoms with Crippen molar-refractivity contribution in [2.45, 2.75) is 39.7 Å². The lowest BCUT2D eigenvalue weighted by Gasteiger charge is -2.29. The molecule has 1 rings (SSSR count). The molecular formula is C10H23NO. The molecule has 2 heteroatoms. The van der Waals surface area contributed by atoms with E-state index in [4.69, 9.17) is 4.74 Å². The summed E-state index contributed by atoms with van der Waals surface area (Å²) in [5, 5.41) is 0. The molecule has 2 nitrogen and oxygen atoms in total. The van der Waals surface area contributed by atoms with Crippen LogP contribution in [0.2, 0.25) is 0 Å². The Morgan fingerprint density at radius 3 is 2.58 bits per heavy atom. The average molecular weight is 173 g/mol. The van der Waals surface area contributed by atoms with E-state index >= 15 is 0 Å². The maximum atomic E-state index is 5.51. The molecule has 0 radical (unpaired) electrons. The molecule has 0 saturated carbocycles. The minimum atomic E-state index is 0.503. The van der Waals surface area contributed by atoms with Crippen LogP contribution in [0.4, 0.5) is 0 Å². The standard InChI is InChI=1S/C8H17NO.C2H6/c1-3-10-8-5-4-6-9(2)7-8;1-2/h8H,3-7H2,1-2H3;1-2H3. The fraction of sp³-hybridized carbons (Fsp3) is 1.00. The molecule has 1 atom stereocenters. The number of piperidine rings is 1. The van der Waals surface area contributed by atoms with Gasteiger partial charge in [-0.25, -0.2) is 0 Å². The lowest BCUT2D eigenvalue weighted by molar-refractivity contribution is 0.0133. The molecule has 74 valence electrons. The summed E-state index contributed by atoms with van der Waals surface area (Å²) in [5.74, 6) is 0. The monoisotopic (exact) mass is 173 g/mol. The highest BCUT2D eigenvalue weighted by atomic mass is 16.5. The van der Waals surface area contributed by atoms with Crippen molar-refractivity contribution in [3.63, 3.8) is 0 Å². The van der Waals surface area contributed by atoms with E-state index in [0.717, 1.165) is 13.2 Å². The smallest absolute Gasteiger partial charge is 0.0702 e. The Kier molecular flexibility index (Phi) is 7.51. The molecule has 1 unspecified atom stereocenters. The normalized spacial score (nSPS) is 24.5. The Balaban J connectivity index is 0.000000561. The number of hydrogen-bond donors (Lipinski definition) is 0. The van der Waals surface area contributed by atoms with Crippen molar-refractivity contribution in [3.8, 4) is 0 Å². The lowest BCUT2D eigenvalue weighted by Crippen LogP contribution is -2.36. The zero-order valence-corrected chi connectivity index (χ0v) is 8.97. The molecule has 0 aromatic carbocycles. The van der Waals surface area contributed by atoms with E-state index in [1.165, 1.54) is 19.4 Å². The van der Waals surface area contributed by atoms with E-state index in [1.54, 1.807) is 0 Å². The van der Waals surface area contributed by atoms with Gasteiger partial charge in [-0.3, -0.25) is 0 Å². The fourth-order valence-corrected chi connectivity index (χ4v) is 1.49. The second kappa shape index (κ2) is 7.56. The summed E-state index contributed by atoms with van der Waals surface area (Å²) in [5.41, 5.74) is 0. The first-order valence-electron chi connectivity index (χ1n) is 5.13. The summed E-state index contributed by atoms with van der Waals surface area (Å²) in [6.07, 6.45) is 3.04. The number of hydrogen-bond acceptors (Lipinski definition) is 2. The molecule has 1 saturated heterocycles. The van der Waals surface area contributed by atoms with Gasteiger partial charge >= 0.3 is 0 Å². The lowest BCUT2D eigenvalue weighted by atomic mass is 10.1. The molecular weight excluding hydrogens is 150 g/mol. The van der Waals surface area contributed by atoms with Gasteiger partial charge < -0.3 is 9.64 Å². The van der Waals surface area contributed by atoms with Gasteiger partial charge in [0.05, 0.1) is 6.10 Å². The van der Waals surface area contributed by atoms with Crippen LogP contribution in [0.1, 0.15) is 33.6 Å². The maximum absolute atomic E-state index is 5.51. The van der Waals surface area contributed by atoms with Crippen molar-refractivity contribution < 1.29 is 4.74 Å². The predicted molar refractivity (Wildman–Crippen MR) is 53.5 cm³/mol. The Morgan fingerprint density at radius 2 is 2.08 bits per heavy atom. The van der Waals surface area contributed by atoms with E-state index < -0.39 is 0 Å². The minimum absolute atomic E-state index is 0.503. The Labute approximate surface area is 76.9 Å². The van der Waals surface area contributed by atoms with Crippen LogP contribution in [0.25, 0.3) is 0 Å². The third kappa shape index (κ3) is 4.73. The summed E-state index contributed by atoms with van der Waals surface area (Å²) in [6, 6.07) is 0. The van der Waals surface area contributed by atoms with Crippen LogP contribution in [0.5, 0.6) is 0 Å². The van der Waals surface area contributed by atoms with Crippen molar-refractivity contribution in [1.82, 2.24) is 4.90 Å². The Morgan fingerprint density at radius 1 is 1.42 bits per heavy atom. The highest BCUT2D eigenvalue weighted by Gasteiger charge is 2.16. The van der Waals surface area contributed by atoms with Gasteiger partial charge in [-0.05, 0) is 33.4 Å². The molecule has 0 aromatic rings. The summed E-state index contributed by atoms with van der Waals surface area (Å²) < 4.78 is 5.51. The number of nitrogens with zero attached hydrogens (tertiary/aromatic N) is 1. The first-order chi connectivity index (χ1) is 5.83. The van der Waals surface area contributed by atoms with E-state index in [1.807, 2.05) is 13.8 Å². The topological polar surface area (TPSA) is 12.5 Å². The van der Waals surface area contributed by atoms with Crippen molar-refractivity contribution in [2.24, 2.45) is 0 Å². The minimum Gasteiger partial charge on any atom is -0.377 e.